The van der Waals surface area contributed by atoms with Crippen LogP contribution in [0.25, 0.3) is 0 Å². The zero-order chi connectivity index (χ0) is 27.4. The van der Waals surface area contributed by atoms with E-state index in [2.05, 4.69) is 34.6 Å². The van der Waals surface area contributed by atoms with Crippen LogP contribution in [0.4, 0.5) is 35.3 Å². The fourth-order valence-electron chi connectivity index (χ4n) is 4.45. The highest BCUT2D eigenvalue weighted by Gasteiger charge is 2.36. The van der Waals surface area contributed by atoms with Crippen molar-refractivity contribution in [3.63, 3.8) is 0 Å². The number of rotatable bonds is 5. The van der Waals surface area contributed by atoms with Crippen molar-refractivity contribution in [2.45, 2.75) is 57.5 Å². The van der Waals surface area contributed by atoms with Crippen molar-refractivity contribution in [1.82, 2.24) is 15.0 Å². The molecular weight excluding hydrogens is 499 g/mol. The smallest absolute Gasteiger partial charge is 0.450 e. The number of nitrogens with one attached hydrogen (secondary N) is 1. The molecule has 1 fully saturated rings. The summed E-state index contributed by atoms with van der Waals surface area (Å²) in [6, 6.07) is 10.9. The number of carboxylic acid groups (broad SMARTS) is 2. The molecular formula is C27H30F3N5O3. The van der Waals surface area contributed by atoms with Crippen molar-refractivity contribution in [2.24, 2.45) is 0 Å². The van der Waals surface area contributed by atoms with Crippen LogP contribution in [0.15, 0.2) is 42.6 Å². The summed E-state index contributed by atoms with van der Waals surface area (Å²) in [7, 11) is 0. The van der Waals surface area contributed by atoms with Crippen LogP contribution in [0.5, 0.6) is 0 Å². The van der Waals surface area contributed by atoms with Crippen molar-refractivity contribution in [2.75, 3.05) is 23.3 Å². The topological polar surface area (TPSA) is 111 Å². The highest BCUT2D eigenvalue weighted by atomic mass is 19.4. The van der Waals surface area contributed by atoms with Crippen LogP contribution in [0.1, 0.15) is 66.7 Å². The molecule has 0 amide bonds. The van der Waals surface area contributed by atoms with Gasteiger partial charge in [0.25, 0.3) is 0 Å². The van der Waals surface area contributed by atoms with Crippen molar-refractivity contribution < 1.29 is 28.2 Å². The molecule has 0 saturated heterocycles. The lowest BCUT2D eigenvalue weighted by Gasteiger charge is -2.24. The van der Waals surface area contributed by atoms with E-state index in [0.717, 1.165) is 34.7 Å². The normalized spacial score (nSPS) is 15.3. The van der Waals surface area contributed by atoms with Gasteiger partial charge in [0.1, 0.15) is 17.5 Å². The summed E-state index contributed by atoms with van der Waals surface area (Å²) in [5, 5.41) is 17.4. The molecule has 1 aliphatic carbocycles. The highest BCUT2D eigenvalue weighted by molar-refractivity contribution is 5.62. The first kappa shape index (κ1) is 27.2. The lowest BCUT2D eigenvalue weighted by Crippen LogP contribution is -2.29. The molecule has 38 heavy (non-hydrogen) atoms. The molecule has 2 aromatic heterocycles. The fourth-order valence-corrected chi connectivity index (χ4v) is 4.45. The maximum atomic E-state index is 13.6. The van der Waals surface area contributed by atoms with E-state index in [1.165, 1.54) is 30.7 Å². The minimum Gasteiger partial charge on any atom is -0.450 e. The second kappa shape index (κ2) is 11.2. The van der Waals surface area contributed by atoms with Gasteiger partial charge in [0, 0.05) is 42.9 Å². The molecule has 0 unspecified atom stereocenters. The maximum absolute atomic E-state index is 13.6. The Bertz CT molecular complexity index is 1270. The van der Waals surface area contributed by atoms with Crippen LogP contribution in [0, 0.1) is 0 Å². The van der Waals surface area contributed by atoms with E-state index in [4.69, 9.17) is 25.0 Å². The highest BCUT2D eigenvalue weighted by Crippen LogP contribution is 2.40. The second-order valence-corrected chi connectivity index (χ2v) is 9.67. The van der Waals surface area contributed by atoms with E-state index in [-0.39, 0.29) is 11.7 Å². The number of hydrogen-bond acceptors (Lipinski definition) is 6. The third-order valence-electron chi connectivity index (χ3n) is 6.49. The van der Waals surface area contributed by atoms with Gasteiger partial charge in [-0.15, -0.1) is 0 Å². The molecule has 3 heterocycles. The third-order valence-corrected chi connectivity index (χ3v) is 6.49. The van der Waals surface area contributed by atoms with Crippen LogP contribution in [0.3, 0.4) is 0 Å². The first-order valence-corrected chi connectivity index (χ1v) is 12.5. The summed E-state index contributed by atoms with van der Waals surface area (Å²) in [4.78, 5) is 24.0. The molecule has 1 aliphatic heterocycles. The van der Waals surface area contributed by atoms with Crippen LogP contribution >= 0.6 is 0 Å². The monoisotopic (exact) mass is 529 g/mol. The van der Waals surface area contributed by atoms with Gasteiger partial charge in [-0.05, 0) is 55.0 Å². The van der Waals surface area contributed by atoms with Crippen molar-refractivity contribution in [1.29, 1.82) is 0 Å². The SMILES string of the molecule is CC(C)c1nc2c(c(Nc3ccc(C4CC4)cc3)n1)CCN(c1ncccc1C(F)(F)F)CC2.O=C(O)O. The first-order valence-electron chi connectivity index (χ1n) is 12.5. The lowest BCUT2D eigenvalue weighted by molar-refractivity contribution is -0.137. The number of carbonyl (C=O) groups is 1. The Balaban J connectivity index is 0.000000786. The molecule has 2 aliphatic rings. The number of anilines is 3. The fraction of sp³-hybridized carbons (Fsp3) is 0.407. The van der Waals surface area contributed by atoms with Gasteiger partial charge in [0.15, 0.2) is 0 Å². The van der Waals surface area contributed by atoms with E-state index < -0.39 is 17.9 Å². The molecule has 1 aromatic carbocycles. The molecule has 3 N–H and O–H groups in total. The Morgan fingerprint density at radius 3 is 2.32 bits per heavy atom. The molecule has 5 rings (SSSR count). The average Bonchev–Trinajstić information content (AvgIpc) is 3.71. The molecule has 0 spiro atoms. The molecule has 0 radical (unpaired) electrons. The maximum Gasteiger partial charge on any atom is 0.503 e. The number of nitrogens with zero attached hydrogens (tertiary/aromatic N) is 4. The molecule has 8 nitrogen and oxygen atoms in total. The Labute approximate surface area is 218 Å². The summed E-state index contributed by atoms with van der Waals surface area (Å²) < 4.78 is 40.8. The average molecular weight is 530 g/mol. The number of pyridine rings is 1. The van der Waals surface area contributed by atoms with E-state index in [9.17, 15) is 13.2 Å². The van der Waals surface area contributed by atoms with Gasteiger partial charge in [-0.25, -0.2) is 19.7 Å². The van der Waals surface area contributed by atoms with Gasteiger partial charge in [0.2, 0.25) is 0 Å². The Kier molecular flexibility index (Phi) is 8.03. The lowest BCUT2D eigenvalue weighted by atomic mass is 10.1. The molecule has 0 atom stereocenters. The Morgan fingerprint density at radius 2 is 1.71 bits per heavy atom. The number of benzene rings is 1. The van der Waals surface area contributed by atoms with Crippen LogP contribution in [-0.2, 0) is 19.0 Å². The number of alkyl halides is 3. The summed E-state index contributed by atoms with van der Waals surface area (Å²) in [5.74, 6) is 2.28. The number of hydrogen-bond donors (Lipinski definition) is 3. The van der Waals surface area contributed by atoms with Gasteiger partial charge in [-0.1, -0.05) is 26.0 Å². The quantitative estimate of drug-likeness (QED) is 0.345. The van der Waals surface area contributed by atoms with Gasteiger partial charge in [-0.3, -0.25) is 0 Å². The number of fused-ring (bicyclic) bond motifs is 1. The van der Waals surface area contributed by atoms with E-state index in [1.807, 2.05) is 13.8 Å². The van der Waals surface area contributed by atoms with E-state index in [0.29, 0.717) is 31.8 Å². The predicted octanol–water partition coefficient (Wildman–Crippen LogP) is 6.46. The van der Waals surface area contributed by atoms with Gasteiger partial charge in [0.05, 0.1) is 11.3 Å². The van der Waals surface area contributed by atoms with Gasteiger partial charge >= 0.3 is 12.3 Å². The molecule has 202 valence electrons. The zero-order valence-corrected chi connectivity index (χ0v) is 21.2. The Hall–Kier alpha value is -3.89. The van der Waals surface area contributed by atoms with Crippen molar-refractivity contribution in [3.05, 3.63) is 70.8 Å². The van der Waals surface area contributed by atoms with Crippen LogP contribution in [-0.4, -0.2) is 44.4 Å². The minimum absolute atomic E-state index is 0.0231. The van der Waals surface area contributed by atoms with Crippen LogP contribution < -0.4 is 10.2 Å². The third kappa shape index (κ3) is 6.70. The van der Waals surface area contributed by atoms with E-state index in [1.54, 1.807) is 4.90 Å². The zero-order valence-electron chi connectivity index (χ0n) is 21.2. The number of halogens is 3. The first-order chi connectivity index (χ1) is 18.0. The summed E-state index contributed by atoms with van der Waals surface area (Å²) >= 11 is 0. The summed E-state index contributed by atoms with van der Waals surface area (Å²) in [6.45, 7) is 4.91. The van der Waals surface area contributed by atoms with Crippen LogP contribution in [0.2, 0.25) is 0 Å². The number of aromatic nitrogens is 3. The van der Waals surface area contributed by atoms with E-state index >= 15 is 0 Å². The van der Waals surface area contributed by atoms with Crippen molar-refractivity contribution >= 4 is 23.5 Å². The minimum atomic E-state index is -4.45. The molecule has 1 saturated carbocycles. The summed E-state index contributed by atoms with van der Waals surface area (Å²) in [6.07, 6.45) is -1.30. The van der Waals surface area contributed by atoms with Crippen molar-refractivity contribution in [3.8, 4) is 0 Å². The Morgan fingerprint density at radius 1 is 1.05 bits per heavy atom. The summed E-state index contributed by atoms with van der Waals surface area (Å²) in [5.41, 5.74) is 3.46. The molecule has 0 bridgehead atoms. The second-order valence-electron chi connectivity index (χ2n) is 9.67. The standard InChI is InChI=1S/C26H28F3N5.CH2O3/c1-16(2)23-32-22-12-15-34(25-21(26(27,28)29)4-3-13-30-25)14-11-20(22)24(33-23)31-19-9-7-18(8-10-19)17-5-6-17;2-1(3)4/h3-4,7-10,13,16-17H,5-6,11-12,14-15H2,1-2H3,(H,31,32,33);(H2,2,3,4). The molecule has 3 aromatic rings. The van der Waals surface area contributed by atoms with Gasteiger partial charge < -0.3 is 20.4 Å². The molecule has 11 heteroatoms. The predicted molar refractivity (Wildman–Crippen MR) is 137 cm³/mol. The largest absolute Gasteiger partial charge is 0.503 e. The van der Waals surface area contributed by atoms with Gasteiger partial charge in [-0.2, -0.15) is 13.2 Å².